The van der Waals surface area contributed by atoms with Crippen molar-refractivity contribution in [2.75, 3.05) is 13.2 Å². The van der Waals surface area contributed by atoms with E-state index in [1.807, 2.05) is 0 Å². The van der Waals surface area contributed by atoms with Crippen molar-refractivity contribution >= 4 is 12.1 Å². The number of amides is 1. The Kier molecular flexibility index (Phi) is 7.99. The summed E-state index contributed by atoms with van der Waals surface area (Å²) in [5, 5.41) is 19.6. The van der Waals surface area contributed by atoms with Gasteiger partial charge in [0.25, 0.3) is 5.09 Å². The third-order valence-corrected chi connectivity index (χ3v) is 1.92. The van der Waals surface area contributed by atoms with E-state index in [1.54, 1.807) is 0 Å². The molecule has 0 aromatic heterocycles. The van der Waals surface area contributed by atoms with Gasteiger partial charge in [0.15, 0.2) is 0 Å². The Morgan fingerprint density at radius 3 is 2.50 bits per heavy atom. The third-order valence-electron chi connectivity index (χ3n) is 1.92. The van der Waals surface area contributed by atoms with Crippen LogP contribution < -0.4 is 5.32 Å². The summed E-state index contributed by atoms with van der Waals surface area (Å²) in [5.41, 5.74) is 0. The van der Waals surface area contributed by atoms with Crippen LogP contribution in [0.15, 0.2) is 0 Å². The fraction of sp³-hybridized carbons (Fsp3) is 0.778. The van der Waals surface area contributed by atoms with E-state index in [1.165, 1.54) is 6.92 Å². The summed E-state index contributed by atoms with van der Waals surface area (Å²) < 4.78 is 4.70. The van der Waals surface area contributed by atoms with E-state index in [2.05, 4.69) is 10.2 Å². The van der Waals surface area contributed by atoms with Gasteiger partial charge >= 0.3 is 12.1 Å². The third kappa shape index (κ3) is 9.19. The Labute approximate surface area is 103 Å². The van der Waals surface area contributed by atoms with Crippen LogP contribution in [-0.4, -0.2) is 41.5 Å². The highest BCUT2D eigenvalue weighted by Gasteiger charge is 2.14. The van der Waals surface area contributed by atoms with Crippen molar-refractivity contribution in [3.05, 3.63) is 10.1 Å². The minimum Gasteiger partial charge on any atom is -0.480 e. The Hall–Kier alpha value is -2.06. The molecule has 0 bridgehead atoms. The molecule has 0 rings (SSSR count). The second-order valence-corrected chi connectivity index (χ2v) is 3.46. The molecule has 2 N–H and O–H groups in total. The predicted octanol–water partition coefficient (Wildman–Crippen LogP) is 0.564. The number of carboxylic acid groups (broad SMARTS) is 1. The summed E-state index contributed by atoms with van der Waals surface area (Å²) in [6.07, 6.45) is 0.815. The van der Waals surface area contributed by atoms with Gasteiger partial charge in [0.2, 0.25) is 0 Å². The zero-order valence-electron chi connectivity index (χ0n) is 9.96. The number of aliphatic carboxylic acids is 1. The van der Waals surface area contributed by atoms with Gasteiger partial charge in [-0.1, -0.05) is 0 Å². The molecule has 9 nitrogen and oxygen atoms in total. The molecule has 0 aliphatic rings. The smallest absolute Gasteiger partial charge is 0.407 e. The van der Waals surface area contributed by atoms with E-state index in [0.29, 0.717) is 19.3 Å². The first-order valence-corrected chi connectivity index (χ1v) is 5.37. The summed E-state index contributed by atoms with van der Waals surface area (Å²) in [7, 11) is 0. The summed E-state index contributed by atoms with van der Waals surface area (Å²) >= 11 is 0. The normalized spacial score (nSPS) is 11.4. The number of nitrogens with one attached hydrogen (secondary N) is 1. The lowest BCUT2D eigenvalue weighted by Crippen LogP contribution is -2.38. The number of rotatable bonds is 9. The summed E-state index contributed by atoms with van der Waals surface area (Å²) in [4.78, 5) is 35.3. The molecule has 104 valence electrons. The van der Waals surface area contributed by atoms with E-state index in [0.717, 1.165) is 0 Å². The molecule has 0 fully saturated rings. The van der Waals surface area contributed by atoms with Gasteiger partial charge in [0.05, 0.1) is 13.2 Å². The van der Waals surface area contributed by atoms with Crippen LogP contribution in [0.5, 0.6) is 0 Å². The van der Waals surface area contributed by atoms with Gasteiger partial charge in [-0.05, 0) is 26.2 Å². The number of carboxylic acids is 1. The lowest BCUT2D eigenvalue weighted by molar-refractivity contribution is -0.757. The van der Waals surface area contributed by atoms with Gasteiger partial charge in [0.1, 0.15) is 6.04 Å². The van der Waals surface area contributed by atoms with Crippen LogP contribution in [0.2, 0.25) is 0 Å². The van der Waals surface area contributed by atoms with Crippen LogP contribution in [0.25, 0.3) is 0 Å². The van der Waals surface area contributed by atoms with Gasteiger partial charge in [-0.2, -0.15) is 0 Å². The lowest BCUT2D eigenvalue weighted by Gasteiger charge is -2.09. The molecule has 1 amide bonds. The average Bonchev–Trinajstić information content (AvgIpc) is 2.27. The largest absolute Gasteiger partial charge is 0.480 e. The lowest BCUT2D eigenvalue weighted by atomic mass is 10.2. The predicted molar refractivity (Wildman–Crippen MR) is 58.4 cm³/mol. The van der Waals surface area contributed by atoms with Gasteiger partial charge in [-0.3, -0.25) is 4.79 Å². The number of ether oxygens (including phenoxy) is 1. The van der Waals surface area contributed by atoms with Crippen molar-refractivity contribution in [1.29, 1.82) is 0 Å². The maximum Gasteiger partial charge on any atom is 0.407 e. The van der Waals surface area contributed by atoms with Crippen LogP contribution in [0.1, 0.15) is 26.2 Å². The van der Waals surface area contributed by atoms with Crippen molar-refractivity contribution in [3.63, 3.8) is 0 Å². The van der Waals surface area contributed by atoms with Crippen LogP contribution in [-0.2, 0) is 14.4 Å². The highest BCUT2D eigenvalue weighted by atomic mass is 16.9. The van der Waals surface area contributed by atoms with Gasteiger partial charge in [0, 0.05) is 0 Å². The van der Waals surface area contributed by atoms with Crippen molar-refractivity contribution in [2.24, 2.45) is 0 Å². The zero-order chi connectivity index (χ0) is 14.0. The SMILES string of the molecule is CC(NC(=O)OCCCCCO[N+](=O)[O-])C(=O)O. The molecule has 1 unspecified atom stereocenters. The molecule has 0 aromatic carbocycles. The maximum absolute atomic E-state index is 11.0. The molecule has 1 atom stereocenters. The standard InChI is InChI=1S/C9H16N2O7/c1-7(8(12)13)10-9(14)17-5-3-2-4-6-18-11(15)16/h7H,2-6H2,1H3,(H,10,14)(H,12,13). The van der Waals surface area contributed by atoms with Crippen molar-refractivity contribution in [2.45, 2.75) is 32.2 Å². The van der Waals surface area contributed by atoms with E-state index >= 15 is 0 Å². The minimum absolute atomic E-state index is 0.00917. The molecular weight excluding hydrogens is 248 g/mol. The maximum atomic E-state index is 11.0. The van der Waals surface area contributed by atoms with Crippen LogP contribution in [0, 0.1) is 10.1 Å². The highest BCUT2D eigenvalue weighted by molar-refractivity contribution is 5.79. The van der Waals surface area contributed by atoms with Crippen molar-refractivity contribution in [3.8, 4) is 0 Å². The molecule has 0 saturated carbocycles. The number of unbranched alkanes of at least 4 members (excludes halogenated alkanes) is 2. The number of alkyl carbamates (subject to hydrolysis) is 1. The Morgan fingerprint density at radius 2 is 1.94 bits per heavy atom. The Morgan fingerprint density at radius 1 is 1.33 bits per heavy atom. The Bertz CT molecular complexity index is 295. The fourth-order valence-corrected chi connectivity index (χ4v) is 0.965. The first kappa shape index (κ1) is 15.9. The second kappa shape index (κ2) is 9.02. The van der Waals surface area contributed by atoms with Gasteiger partial charge in [-0.25, -0.2) is 4.79 Å². The highest BCUT2D eigenvalue weighted by Crippen LogP contribution is 1.97. The molecule has 0 spiro atoms. The molecule has 0 heterocycles. The molecule has 9 heteroatoms. The summed E-state index contributed by atoms with van der Waals surface area (Å²) in [6, 6.07) is -1.01. The number of hydrogen-bond acceptors (Lipinski definition) is 6. The van der Waals surface area contributed by atoms with E-state index < -0.39 is 23.2 Å². The monoisotopic (exact) mass is 264 g/mol. The minimum atomic E-state index is -1.15. The zero-order valence-corrected chi connectivity index (χ0v) is 9.96. The molecule has 18 heavy (non-hydrogen) atoms. The first-order valence-electron chi connectivity index (χ1n) is 5.37. The number of carbonyl (C=O) groups excluding carboxylic acids is 1. The summed E-state index contributed by atoms with van der Waals surface area (Å²) in [5.74, 6) is -1.15. The van der Waals surface area contributed by atoms with Crippen molar-refractivity contribution < 1.29 is 29.4 Å². The number of carbonyl (C=O) groups is 2. The molecule has 0 aliphatic heterocycles. The molecular formula is C9H16N2O7. The average molecular weight is 264 g/mol. The quantitative estimate of drug-likeness (QED) is 0.353. The molecule has 0 radical (unpaired) electrons. The Balaban J connectivity index is 3.41. The van der Waals surface area contributed by atoms with Gasteiger partial charge in [-0.15, -0.1) is 10.1 Å². The van der Waals surface area contributed by atoms with Crippen LogP contribution in [0.3, 0.4) is 0 Å². The molecule has 0 aromatic rings. The van der Waals surface area contributed by atoms with Gasteiger partial charge < -0.3 is 20.0 Å². The number of nitrogens with zero attached hydrogens (tertiary/aromatic N) is 1. The van der Waals surface area contributed by atoms with Crippen LogP contribution >= 0.6 is 0 Å². The van der Waals surface area contributed by atoms with E-state index in [4.69, 9.17) is 9.84 Å². The molecule has 0 saturated heterocycles. The summed E-state index contributed by atoms with van der Waals surface area (Å²) in [6.45, 7) is 1.45. The fourth-order valence-electron chi connectivity index (χ4n) is 0.965. The topological polar surface area (TPSA) is 128 Å². The van der Waals surface area contributed by atoms with Crippen LogP contribution in [0.4, 0.5) is 4.79 Å². The van der Waals surface area contributed by atoms with E-state index in [9.17, 15) is 19.7 Å². The number of hydrogen-bond donors (Lipinski definition) is 2. The molecule has 0 aliphatic carbocycles. The second-order valence-electron chi connectivity index (χ2n) is 3.46. The van der Waals surface area contributed by atoms with Crippen molar-refractivity contribution in [1.82, 2.24) is 5.32 Å². The first-order chi connectivity index (χ1) is 8.43. The van der Waals surface area contributed by atoms with E-state index in [-0.39, 0.29) is 13.2 Å².